The van der Waals surface area contributed by atoms with Gasteiger partial charge in [0.15, 0.2) is 6.04 Å². The summed E-state index contributed by atoms with van der Waals surface area (Å²) in [4.78, 5) is 11.5. The number of hydrogen-bond donors (Lipinski definition) is 2. The molecule has 1 unspecified atom stereocenters. The second-order valence-corrected chi connectivity index (χ2v) is 5.22. The van der Waals surface area contributed by atoms with Crippen LogP contribution in [0, 0.1) is 13.8 Å². The normalized spacial score (nSPS) is 11.9. The fourth-order valence-corrected chi connectivity index (χ4v) is 2.39. The zero-order chi connectivity index (χ0) is 14.7. The second-order valence-electron chi connectivity index (χ2n) is 4.82. The van der Waals surface area contributed by atoms with Crippen molar-refractivity contribution in [2.24, 2.45) is 0 Å². The van der Waals surface area contributed by atoms with Crippen LogP contribution in [0.4, 0.5) is 5.69 Å². The van der Waals surface area contributed by atoms with Gasteiger partial charge in [0.1, 0.15) is 0 Å². The summed E-state index contributed by atoms with van der Waals surface area (Å²) in [5.74, 6) is -0.935. The number of para-hydroxylation sites is 1. The third-order valence-corrected chi connectivity index (χ3v) is 3.33. The van der Waals surface area contributed by atoms with Crippen LogP contribution in [0.3, 0.4) is 0 Å². The summed E-state index contributed by atoms with van der Waals surface area (Å²) in [5, 5.41) is 12.9. The van der Waals surface area contributed by atoms with Gasteiger partial charge in [-0.2, -0.15) is 0 Å². The molecule has 104 valence electrons. The molecule has 0 amide bonds. The number of aliphatic carboxylic acids is 1. The number of carboxylic acid groups (broad SMARTS) is 1. The average molecular weight is 290 g/mol. The Bertz CT molecular complexity index is 620. The van der Waals surface area contributed by atoms with Crippen molar-refractivity contribution in [1.29, 1.82) is 0 Å². The van der Waals surface area contributed by atoms with Crippen LogP contribution in [0.2, 0.25) is 5.02 Å². The molecule has 0 aliphatic rings. The van der Waals surface area contributed by atoms with Gasteiger partial charge in [-0.1, -0.05) is 53.1 Å². The molecule has 20 heavy (non-hydrogen) atoms. The first-order chi connectivity index (χ1) is 9.47. The number of carbonyl (C=O) groups is 1. The molecule has 2 aromatic carbocycles. The topological polar surface area (TPSA) is 49.3 Å². The molecule has 4 heteroatoms. The number of benzene rings is 2. The van der Waals surface area contributed by atoms with Crippen LogP contribution >= 0.6 is 11.6 Å². The third kappa shape index (κ3) is 3.31. The van der Waals surface area contributed by atoms with Gasteiger partial charge < -0.3 is 10.4 Å². The minimum absolute atomic E-state index is 0.503. The van der Waals surface area contributed by atoms with Crippen molar-refractivity contribution in [3.63, 3.8) is 0 Å². The molecule has 2 rings (SSSR count). The molecule has 1 atom stereocenters. The largest absolute Gasteiger partial charge is 0.479 e. The summed E-state index contributed by atoms with van der Waals surface area (Å²) >= 11 is 6.07. The van der Waals surface area contributed by atoms with Gasteiger partial charge in [-0.25, -0.2) is 4.79 Å². The van der Waals surface area contributed by atoms with Crippen LogP contribution in [0.15, 0.2) is 42.5 Å². The number of halogens is 1. The SMILES string of the molecule is Cc1cc(C)cc(C(Nc2ccccc2Cl)C(=O)O)c1. The van der Waals surface area contributed by atoms with Crippen molar-refractivity contribution < 1.29 is 9.90 Å². The lowest BCUT2D eigenvalue weighted by Crippen LogP contribution is -2.21. The molecule has 0 fully saturated rings. The highest BCUT2D eigenvalue weighted by Gasteiger charge is 2.20. The molecular formula is C16H16ClNO2. The Morgan fingerprint density at radius 1 is 1.15 bits per heavy atom. The van der Waals surface area contributed by atoms with E-state index in [2.05, 4.69) is 5.32 Å². The highest BCUT2D eigenvalue weighted by molar-refractivity contribution is 6.33. The molecular weight excluding hydrogens is 274 g/mol. The molecule has 0 aromatic heterocycles. The van der Waals surface area contributed by atoms with Crippen molar-refractivity contribution in [3.05, 3.63) is 64.2 Å². The van der Waals surface area contributed by atoms with Crippen molar-refractivity contribution in [1.82, 2.24) is 0 Å². The summed E-state index contributed by atoms with van der Waals surface area (Å²) in [7, 11) is 0. The van der Waals surface area contributed by atoms with Crippen LogP contribution in [0.1, 0.15) is 22.7 Å². The van der Waals surface area contributed by atoms with Crippen LogP contribution in [-0.4, -0.2) is 11.1 Å². The van der Waals surface area contributed by atoms with E-state index in [1.165, 1.54) is 0 Å². The number of anilines is 1. The quantitative estimate of drug-likeness (QED) is 0.887. The van der Waals surface area contributed by atoms with Gasteiger partial charge in [0.25, 0.3) is 0 Å². The zero-order valence-corrected chi connectivity index (χ0v) is 12.1. The first kappa shape index (κ1) is 14.4. The molecule has 0 radical (unpaired) electrons. The van der Waals surface area contributed by atoms with E-state index in [1.807, 2.05) is 38.1 Å². The van der Waals surface area contributed by atoms with Gasteiger partial charge in [-0.3, -0.25) is 0 Å². The van der Waals surface area contributed by atoms with E-state index in [-0.39, 0.29) is 0 Å². The Morgan fingerprint density at radius 2 is 1.75 bits per heavy atom. The number of hydrogen-bond acceptors (Lipinski definition) is 2. The monoisotopic (exact) mass is 289 g/mol. The summed E-state index contributed by atoms with van der Waals surface area (Å²) < 4.78 is 0. The molecule has 3 nitrogen and oxygen atoms in total. The summed E-state index contributed by atoms with van der Waals surface area (Å²) in [6, 6.07) is 12.0. The zero-order valence-electron chi connectivity index (χ0n) is 11.4. The maximum absolute atomic E-state index is 11.5. The Morgan fingerprint density at radius 3 is 2.30 bits per heavy atom. The van der Waals surface area contributed by atoms with Gasteiger partial charge >= 0.3 is 5.97 Å². The summed E-state index contributed by atoms with van der Waals surface area (Å²) in [6.07, 6.45) is 0. The predicted octanol–water partition coefficient (Wildman–Crippen LogP) is 4.19. The van der Waals surface area contributed by atoms with Crippen molar-refractivity contribution in [2.75, 3.05) is 5.32 Å². The Balaban J connectivity index is 2.37. The first-order valence-corrected chi connectivity index (χ1v) is 6.67. The van der Waals surface area contributed by atoms with E-state index < -0.39 is 12.0 Å². The lowest BCUT2D eigenvalue weighted by atomic mass is 10.0. The number of nitrogens with one attached hydrogen (secondary N) is 1. The van der Waals surface area contributed by atoms with Crippen LogP contribution in [0.5, 0.6) is 0 Å². The van der Waals surface area contributed by atoms with E-state index in [4.69, 9.17) is 11.6 Å². The van der Waals surface area contributed by atoms with Gasteiger partial charge in [0, 0.05) is 0 Å². The molecule has 0 heterocycles. The highest BCUT2D eigenvalue weighted by Crippen LogP contribution is 2.27. The summed E-state index contributed by atoms with van der Waals surface area (Å²) in [6.45, 7) is 3.90. The minimum atomic E-state index is -0.935. The Hall–Kier alpha value is -2.00. The lowest BCUT2D eigenvalue weighted by molar-refractivity contribution is -0.138. The maximum atomic E-state index is 11.5. The summed E-state index contributed by atoms with van der Waals surface area (Å²) in [5.41, 5.74) is 3.40. The molecule has 0 spiro atoms. The standard InChI is InChI=1S/C16H16ClNO2/c1-10-7-11(2)9-12(8-10)15(16(19)20)18-14-6-4-3-5-13(14)17/h3-9,15,18H,1-2H3,(H,19,20). The fourth-order valence-electron chi connectivity index (χ4n) is 2.20. The fraction of sp³-hybridized carbons (Fsp3) is 0.188. The van der Waals surface area contributed by atoms with Crippen molar-refractivity contribution in [2.45, 2.75) is 19.9 Å². The number of aryl methyl sites for hydroxylation is 2. The number of rotatable bonds is 4. The highest BCUT2D eigenvalue weighted by atomic mass is 35.5. The minimum Gasteiger partial charge on any atom is -0.479 e. The smallest absolute Gasteiger partial charge is 0.330 e. The van der Waals surface area contributed by atoms with Gasteiger partial charge in [-0.15, -0.1) is 0 Å². The molecule has 0 bridgehead atoms. The maximum Gasteiger partial charge on any atom is 0.330 e. The second kappa shape index (κ2) is 5.97. The van der Waals surface area contributed by atoms with E-state index in [9.17, 15) is 9.90 Å². The van der Waals surface area contributed by atoms with Crippen LogP contribution in [-0.2, 0) is 4.79 Å². The lowest BCUT2D eigenvalue weighted by Gasteiger charge is -2.18. The van der Waals surface area contributed by atoms with Gasteiger partial charge in [0.2, 0.25) is 0 Å². The molecule has 0 saturated heterocycles. The van der Waals surface area contributed by atoms with Crippen molar-refractivity contribution >= 4 is 23.3 Å². The predicted molar refractivity (Wildman–Crippen MR) is 81.4 cm³/mol. The Labute approximate surface area is 123 Å². The number of carboxylic acids is 1. The van der Waals surface area contributed by atoms with Gasteiger partial charge in [0.05, 0.1) is 10.7 Å². The van der Waals surface area contributed by atoms with Crippen LogP contribution in [0.25, 0.3) is 0 Å². The van der Waals surface area contributed by atoms with Crippen molar-refractivity contribution in [3.8, 4) is 0 Å². The average Bonchev–Trinajstić information content (AvgIpc) is 2.36. The Kier molecular flexibility index (Phi) is 4.30. The third-order valence-electron chi connectivity index (χ3n) is 3.00. The molecule has 0 saturated carbocycles. The van der Waals surface area contributed by atoms with E-state index in [1.54, 1.807) is 18.2 Å². The van der Waals surface area contributed by atoms with E-state index in [0.29, 0.717) is 10.7 Å². The molecule has 2 aromatic rings. The van der Waals surface area contributed by atoms with Crippen LogP contribution < -0.4 is 5.32 Å². The first-order valence-electron chi connectivity index (χ1n) is 6.29. The van der Waals surface area contributed by atoms with Gasteiger partial charge in [-0.05, 0) is 31.5 Å². The molecule has 2 N–H and O–H groups in total. The molecule has 0 aliphatic heterocycles. The van der Waals surface area contributed by atoms with E-state index >= 15 is 0 Å². The molecule has 0 aliphatic carbocycles. The van der Waals surface area contributed by atoms with E-state index in [0.717, 1.165) is 16.7 Å².